The minimum Gasteiger partial charge on any atom is -0.495 e. The maximum absolute atomic E-state index is 6.21. The predicted octanol–water partition coefficient (Wildman–Crippen LogP) is 2.91. The van der Waals surface area contributed by atoms with Crippen LogP contribution in [0.25, 0.3) is 0 Å². The molecule has 0 amide bonds. The largest absolute Gasteiger partial charge is 0.495 e. The van der Waals surface area contributed by atoms with Gasteiger partial charge in [0.25, 0.3) is 0 Å². The first kappa shape index (κ1) is 11.5. The number of methoxy groups -OCH3 is 1. The van der Waals surface area contributed by atoms with Gasteiger partial charge in [-0.15, -0.1) is 11.6 Å². The van der Waals surface area contributed by atoms with Crippen LogP contribution in [-0.4, -0.2) is 24.0 Å². The standard InChI is InChI=1S/C12H17ClN2O/c1-16-10-5-6-12(15-8-10)14-7-9-3-2-4-11(9)13/h5-6,8-9,11H,2-4,7H2,1H3,(H,14,15). The van der Waals surface area contributed by atoms with Crippen LogP contribution in [0.3, 0.4) is 0 Å². The molecule has 1 aromatic rings. The van der Waals surface area contributed by atoms with E-state index in [0.717, 1.165) is 24.5 Å². The maximum Gasteiger partial charge on any atom is 0.137 e. The summed E-state index contributed by atoms with van der Waals surface area (Å²) in [6.45, 7) is 0.910. The number of alkyl halides is 1. The Hall–Kier alpha value is -0.960. The highest BCUT2D eigenvalue weighted by atomic mass is 35.5. The van der Waals surface area contributed by atoms with E-state index in [-0.39, 0.29) is 0 Å². The highest BCUT2D eigenvalue weighted by Gasteiger charge is 2.24. The molecule has 1 aromatic heterocycles. The molecule has 0 aliphatic heterocycles. The summed E-state index contributed by atoms with van der Waals surface area (Å²) in [5.74, 6) is 2.24. The van der Waals surface area contributed by atoms with Crippen LogP contribution in [0, 0.1) is 5.92 Å². The van der Waals surface area contributed by atoms with Gasteiger partial charge in [-0.1, -0.05) is 6.42 Å². The molecule has 2 unspecified atom stereocenters. The second-order valence-electron chi connectivity index (χ2n) is 4.17. The number of nitrogens with one attached hydrogen (secondary N) is 1. The Morgan fingerprint density at radius 1 is 1.50 bits per heavy atom. The number of anilines is 1. The van der Waals surface area contributed by atoms with Crippen molar-refractivity contribution < 1.29 is 4.74 Å². The lowest BCUT2D eigenvalue weighted by atomic mass is 10.1. The molecule has 1 aliphatic carbocycles. The van der Waals surface area contributed by atoms with Crippen LogP contribution >= 0.6 is 11.6 Å². The molecule has 1 saturated carbocycles. The quantitative estimate of drug-likeness (QED) is 0.822. The van der Waals surface area contributed by atoms with Crippen molar-refractivity contribution in [3.05, 3.63) is 18.3 Å². The van der Waals surface area contributed by atoms with E-state index in [0.29, 0.717) is 11.3 Å². The number of hydrogen-bond donors (Lipinski definition) is 1. The summed E-state index contributed by atoms with van der Waals surface area (Å²) < 4.78 is 5.05. The fourth-order valence-corrected chi connectivity index (χ4v) is 2.43. The highest BCUT2D eigenvalue weighted by molar-refractivity contribution is 6.20. The average molecular weight is 241 g/mol. The van der Waals surface area contributed by atoms with Crippen molar-refractivity contribution in [2.45, 2.75) is 24.6 Å². The van der Waals surface area contributed by atoms with Gasteiger partial charge in [0.05, 0.1) is 13.3 Å². The smallest absolute Gasteiger partial charge is 0.137 e. The summed E-state index contributed by atoms with van der Waals surface area (Å²) in [4.78, 5) is 4.26. The summed E-state index contributed by atoms with van der Waals surface area (Å²) >= 11 is 6.21. The normalized spacial score (nSPS) is 24.4. The Morgan fingerprint density at radius 2 is 2.38 bits per heavy atom. The predicted molar refractivity (Wildman–Crippen MR) is 66.3 cm³/mol. The molecule has 1 fully saturated rings. The number of pyridine rings is 1. The van der Waals surface area contributed by atoms with Crippen molar-refractivity contribution in [3.8, 4) is 5.75 Å². The number of nitrogens with zero attached hydrogens (tertiary/aromatic N) is 1. The van der Waals surface area contributed by atoms with E-state index in [1.807, 2.05) is 12.1 Å². The minimum atomic E-state index is 0.325. The fourth-order valence-electron chi connectivity index (χ4n) is 2.06. The van der Waals surface area contributed by atoms with Crippen molar-refractivity contribution in [1.82, 2.24) is 4.98 Å². The maximum atomic E-state index is 6.21. The van der Waals surface area contributed by atoms with Gasteiger partial charge in [-0.2, -0.15) is 0 Å². The van der Waals surface area contributed by atoms with Gasteiger partial charge in [-0.25, -0.2) is 4.98 Å². The number of ether oxygens (including phenoxy) is 1. The molecular formula is C12H17ClN2O. The Kier molecular flexibility index (Phi) is 3.88. The first-order chi connectivity index (χ1) is 7.79. The lowest BCUT2D eigenvalue weighted by Gasteiger charge is -2.14. The zero-order chi connectivity index (χ0) is 11.4. The summed E-state index contributed by atoms with van der Waals surface area (Å²) in [6.07, 6.45) is 5.33. The SMILES string of the molecule is COc1ccc(NCC2CCCC2Cl)nc1. The monoisotopic (exact) mass is 240 g/mol. The summed E-state index contributed by atoms with van der Waals surface area (Å²) in [7, 11) is 1.64. The van der Waals surface area contributed by atoms with Crippen molar-refractivity contribution in [1.29, 1.82) is 0 Å². The molecule has 88 valence electrons. The van der Waals surface area contributed by atoms with Crippen LogP contribution in [0.2, 0.25) is 0 Å². The minimum absolute atomic E-state index is 0.325. The Bertz CT molecular complexity index is 328. The third kappa shape index (κ3) is 2.79. The molecule has 4 heteroatoms. The van der Waals surface area contributed by atoms with E-state index < -0.39 is 0 Å². The molecular weight excluding hydrogens is 224 g/mol. The van der Waals surface area contributed by atoms with Crippen LogP contribution in [0.1, 0.15) is 19.3 Å². The van der Waals surface area contributed by atoms with Crippen molar-refractivity contribution in [3.63, 3.8) is 0 Å². The summed E-state index contributed by atoms with van der Waals surface area (Å²) in [5.41, 5.74) is 0. The molecule has 1 N–H and O–H groups in total. The lowest BCUT2D eigenvalue weighted by molar-refractivity contribution is 0.413. The Morgan fingerprint density at radius 3 is 2.94 bits per heavy atom. The number of aromatic nitrogens is 1. The number of halogens is 1. The van der Waals surface area contributed by atoms with Crippen molar-refractivity contribution in [2.75, 3.05) is 19.0 Å². The van der Waals surface area contributed by atoms with Gasteiger partial charge in [0, 0.05) is 11.9 Å². The molecule has 0 aromatic carbocycles. The molecule has 0 saturated heterocycles. The van der Waals surface area contributed by atoms with Crippen molar-refractivity contribution in [2.24, 2.45) is 5.92 Å². The van der Waals surface area contributed by atoms with E-state index in [1.165, 1.54) is 12.8 Å². The van der Waals surface area contributed by atoms with Gasteiger partial charge in [0.1, 0.15) is 11.6 Å². The van der Waals surface area contributed by atoms with Gasteiger partial charge in [0.15, 0.2) is 0 Å². The van der Waals surface area contributed by atoms with Gasteiger partial charge >= 0.3 is 0 Å². The average Bonchev–Trinajstić information content (AvgIpc) is 2.73. The van der Waals surface area contributed by atoms with E-state index >= 15 is 0 Å². The molecule has 2 rings (SSSR count). The third-order valence-corrected chi connectivity index (χ3v) is 3.66. The molecule has 0 spiro atoms. The third-order valence-electron chi connectivity index (χ3n) is 3.08. The molecule has 1 heterocycles. The number of hydrogen-bond acceptors (Lipinski definition) is 3. The molecule has 3 nitrogen and oxygen atoms in total. The Labute approximate surface area is 101 Å². The Balaban J connectivity index is 1.84. The van der Waals surface area contributed by atoms with E-state index in [4.69, 9.17) is 16.3 Å². The molecule has 16 heavy (non-hydrogen) atoms. The lowest BCUT2D eigenvalue weighted by Crippen LogP contribution is -2.18. The van der Waals surface area contributed by atoms with Crippen LogP contribution in [0.4, 0.5) is 5.82 Å². The summed E-state index contributed by atoms with van der Waals surface area (Å²) in [6, 6.07) is 3.83. The van der Waals surface area contributed by atoms with Gasteiger partial charge in [-0.05, 0) is 30.9 Å². The number of rotatable bonds is 4. The molecule has 0 bridgehead atoms. The van der Waals surface area contributed by atoms with Gasteiger partial charge in [-0.3, -0.25) is 0 Å². The van der Waals surface area contributed by atoms with Gasteiger partial charge < -0.3 is 10.1 Å². The van der Waals surface area contributed by atoms with Crippen LogP contribution in [-0.2, 0) is 0 Å². The van der Waals surface area contributed by atoms with Crippen LogP contribution in [0.5, 0.6) is 5.75 Å². The highest BCUT2D eigenvalue weighted by Crippen LogP contribution is 2.30. The first-order valence-corrected chi connectivity index (χ1v) is 6.11. The van der Waals surface area contributed by atoms with E-state index in [2.05, 4.69) is 10.3 Å². The second kappa shape index (κ2) is 5.39. The zero-order valence-corrected chi connectivity index (χ0v) is 10.2. The summed E-state index contributed by atoms with van der Waals surface area (Å²) in [5, 5.41) is 3.64. The molecule has 2 atom stereocenters. The van der Waals surface area contributed by atoms with E-state index in [9.17, 15) is 0 Å². The topological polar surface area (TPSA) is 34.1 Å². The van der Waals surface area contributed by atoms with Gasteiger partial charge in [0.2, 0.25) is 0 Å². The molecule has 0 radical (unpaired) electrons. The van der Waals surface area contributed by atoms with Crippen LogP contribution < -0.4 is 10.1 Å². The van der Waals surface area contributed by atoms with E-state index in [1.54, 1.807) is 13.3 Å². The van der Waals surface area contributed by atoms with Crippen molar-refractivity contribution >= 4 is 17.4 Å². The fraction of sp³-hybridized carbons (Fsp3) is 0.583. The first-order valence-electron chi connectivity index (χ1n) is 5.67. The zero-order valence-electron chi connectivity index (χ0n) is 9.45. The van der Waals surface area contributed by atoms with Crippen LogP contribution in [0.15, 0.2) is 18.3 Å². The molecule has 1 aliphatic rings. The second-order valence-corrected chi connectivity index (χ2v) is 4.73.